The number of carbonyl (C=O) groups is 2. The summed E-state index contributed by atoms with van der Waals surface area (Å²) in [5, 5.41) is 2.46. The third kappa shape index (κ3) is 6.08. The van der Waals surface area contributed by atoms with Gasteiger partial charge in [0.05, 0.1) is 13.1 Å². The molecule has 25 heavy (non-hydrogen) atoms. The second-order valence-electron chi connectivity index (χ2n) is 6.27. The van der Waals surface area contributed by atoms with Crippen molar-refractivity contribution in [2.45, 2.75) is 31.3 Å². The van der Waals surface area contributed by atoms with E-state index in [1.807, 2.05) is 6.07 Å². The Balaban J connectivity index is 1.67. The van der Waals surface area contributed by atoms with Crippen LogP contribution in [0.1, 0.15) is 30.9 Å². The molecule has 1 aromatic rings. The Morgan fingerprint density at radius 3 is 2.92 bits per heavy atom. The Labute approximate surface area is 147 Å². The molecule has 0 aromatic heterocycles. The van der Waals surface area contributed by atoms with E-state index in [2.05, 4.69) is 16.2 Å². The smallest absolute Gasteiger partial charge is 0.241 e. The lowest BCUT2D eigenvalue weighted by Crippen LogP contribution is -2.40. The molecule has 0 radical (unpaired) electrons. The summed E-state index contributed by atoms with van der Waals surface area (Å²) in [6.45, 7) is 0.460. The fourth-order valence-corrected chi connectivity index (χ4v) is 2.83. The van der Waals surface area contributed by atoms with E-state index in [1.165, 1.54) is 6.07 Å². The summed E-state index contributed by atoms with van der Waals surface area (Å²) in [4.78, 5) is 24.5. The van der Waals surface area contributed by atoms with Gasteiger partial charge < -0.3 is 16.0 Å². The largest absolute Gasteiger partial charge is 0.346 e. The zero-order valence-corrected chi connectivity index (χ0v) is 14.4. The van der Waals surface area contributed by atoms with Crippen molar-refractivity contribution >= 4 is 11.8 Å². The second kappa shape index (κ2) is 9.45. The van der Waals surface area contributed by atoms with Crippen LogP contribution in [-0.2, 0) is 9.59 Å². The molecular weight excluding hydrogens is 325 g/mol. The number of benzene rings is 1. The van der Waals surface area contributed by atoms with Crippen molar-refractivity contribution in [2.75, 3.05) is 26.7 Å². The molecule has 0 spiro atoms. The molecule has 1 heterocycles. The van der Waals surface area contributed by atoms with Crippen molar-refractivity contribution in [3.05, 3.63) is 35.6 Å². The molecule has 2 amide bonds. The maximum Gasteiger partial charge on any atom is 0.241 e. The number of hydrazine groups is 1. The summed E-state index contributed by atoms with van der Waals surface area (Å²) in [5.74, 6) is -0.715. The van der Waals surface area contributed by atoms with Crippen LogP contribution in [0.2, 0.25) is 0 Å². The van der Waals surface area contributed by atoms with Gasteiger partial charge in [0.25, 0.3) is 0 Å². The van der Waals surface area contributed by atoms with Gasteiger partial charge in [-0.15, -0.1) is 0 Å². The highest BCUT2D eigenvalue weighted by Crippen LogP contribution is 2.24. The van der Waals surface area contributed by atoms with Gasteiger partial charge in [-0.05, 0) is 37.0 Å². The molecule has 8 heteroatoms. The zero-order valence-electron chi connectivity index (χ0n) is 14.4. The number of amides is 2. The van der Waals surface area contributed by atoms with Crippen molar-refractivity contribution in [3.63, 3.8) is 0 Å². The third-order valence-corrected chi connectivity index (χ3v) is 4.33. The number of carbonyl (C=O) groups excluding carboxylic acids is 2. The summed E-state index contributed by atoms with van der Waals surface area (Å²) in [6.07, 6.45) is 2.60. The summed E-state index contributed by atoms with van der Waals surface area (Å²) >= 11 is 0. The van der Waals surface area contributed by atoms with Crippen molar-refractivity contribution in [1.82, 2.24) is 21.1 Å². The maximum absolute atomic E-state index is 13.3. The van der Waals surface area contributed by atoms with Crippen LogP contribution in [0.5, 0.6) is 0 Å². The monoisotopic (exact) mass is 351 g/mol. The molecule has 1 saturated heterocycles. The van der Waals surface area contributed by atoms with Gasteiger partial charge in [0, 0.05) is 25.7 Å². The number of nitrogens with zero attached hydrogens (tertiary/aromatic N) is 1. The number of hydrogen-bond acceptors (Lipinski definition) is 5. The van der Waals surface area contributed by atoms with Crippen molar-refractivity contribution in [2.24, 2.45) is 5.73 Å². The van der Waals surface area contributed by atoms with Gasteiger partial charge in [-0.2, -0.15) is 0 Å². The molecule has 2 atom stereocenters. The first kappa shape index (κ1) is 19.3. The fraction of sp³-hybridized carbons (Fsp3) is 0.529. The lowest BCUT2D eigenvalue weighted by Gasteiger charge is -2.18. The highest BCUT2D eigenvalue weighted by molar-refractivity contribution is 5.85. The topological polar surface area (TPSA) is 99.5 Å². The quantitative estimate of drug-likeness (QED) is 0.530. The van der Waals surface area contributed by atoms with Crippen LogP contribution in [0.4, 0.5) is 4.39 Å². The van der Waals surface area contributed by atoms with Crippen molar-refractivity contribution in [3.8, 4) is 0 Å². The van der Waals surface area contributed by atoms with E-state index in [1.54, 1.807) is 24.1 Å². The molecule has 0 bridgehead atoms. The number of halogens is 1. The van der Waals surface area contributed by atoms with E-state index in [0.29, 0.717) is 6.54 Å². The molecule has 5 N–H and O–H groups in total. The molecule has 7 nitrogen and oxygen atoms in total. The maximum atomic E-state index is 13.3. The molecule has 2 rings (SSSR count). The van der Waals surface area contributed by atoms with Crippen molar-refractivity contribution in [1.29, 1.82) is 0 Å². The Morgan fingerprint density at radius 2 is 2.20 bits per heavy atom. The predicted molar refractivity (Wildman–Crippen MR) is 92.8 cm³/mol. The number of nitrogens with two attached hydrogens (primary N) is 1. The Kier molecular flexibility index (Phi) is 7.30. The van der Waals surface area contributed by atoms with Crippen LogP contribution in [0, 0.1) is 5.82 Å². The number of nitrogens with one attached hydrogen (secondary N) is 3. The average Bonchev–Trinajstić information content (AvgIpc) is 3.08. The normalized spacial score (nSPS) is 19.6. The van der Waals surface area contributed by atoms with Crippen molar-refractivity contribution < 1.29 is 14.0 Å². The van der Waals surface area contributed by atoms with Gasteiger partial charge in [-0.25, -0.2) is 4.39 Å². The van der Waals surface area contributed by atoms with Crippen LogP contribution in [-0.4, -0.2) is 49.4 Å². The first-order valence-electron chi connectivity index (χ1n) is 8.47. The minimum Gasteiger partial charge on any atom is -0.346 e. The lowest BCUT2D eigenvalue weighted by molar-refractivity contribution is -0.131. The summed E-state index contributed by atoms with van der Waals surface area (Å²) in [5.41, 5.74) is 12.5. The molecule has 2 unspecified atom stereocenters. The van der Waals surface area contributed by atoms with Gasteiger partial charge in [-0.1, -0.05) is 12.1 Å². The third-order valence-electron chi connectivity index (χ3n) is 4.33. The van der Waals surface area contributed by atoms with E-state index >= 15 is 0 Å². The molecule has 1 fully saturated rings. The SMILES string of the molecule is CN(CCCC1CC(c2cccc(F)c2)NN1)C(=O)CNC(=O)CN. The van der Waals surface area contributed by atoms with E-state index < -0.39 is 0 Å². The van der Waals surface area contributed by atoms with E-state index in [4.69, 9.17) is 5.73 Å². The Morgan fingerprint density at radius 1 is 1.40 bits per heavy atom. The first-order chi connectivity index (χ1) is 12.0. The first-order valence-corrected chi connectivity index (χ1v) is 8.47. The minimum absolute atomic E-state index is 0.0303. The van der Waals surface area contributed by atoms with Crippen LogP contribution in [0.3, 0.4) is 0 Å². The van der Waals surface area contributed by atoms with Gasteiger partial charge in [0.15, 0.2) is 0 Å². The van der Waals surface area contributed by atoms with Gasteiger partial charge in [0.2, 0.25) is 11.8 Å². The molecule has 1 aromatic carbocycles. The number of hydrogen-bond donors (Lipinski definition) is 4. The highest BCUT2D eigenvalue weighted by atomic mass is 19.1. The van der Waals surface area contributed by atoms with Gasteiger partial charge >= 0.3 is 0 Å². The second-order valence-corrected chi connectivity index (χ2v) is 6.27. The van der Waals surface area contributed by atoms with Crippen LogP contribution in [0.15, 0.2) is 24.3 Å². The lowest BCUT2D eigenvalue weighted by atomic mass is 9.99. The zero-order chi connectivity index (χ0) is 18.2. The van der Waals surface area contributed by atoms with E-state index in [-0.39, 0.29) is 42.8 Å². The summed E-state index contributed by atoms with van der Waals surface area (Å²) in [7, 11) is 1.72. The Bertz CT molecular complexity index is 598. The number of likely N-dealkylation sites (N-methyl/N-ethyl adjacent to an activating group) is 1. The van der Waals surface area contributed by atoms with E-state index in [0.717, 1.165) is 24.8 Å². The Hall–Kier alpha value is -2.03. The van der Waals surface area contributed by atoms with Gasteiger partial charge in [-0.3, -0.25) is 20.4 Å². The van der Waals surface area contributed by atoms with E-state index in [9.17, 15) is 14.0 Å². The van der Waals surface area contributed by atoms with Crippen LogP contribution >= 0.6 is 0 Å². The van der Waals surface area contributed by atoms with Crippen LogP contribution < -0.4 is 21.9 Å². The highest BCUT2D eigenvalue weighted by Gasteiger charge is 2.25. The standard InChI is InChI=1S/C17H26FN5O2/c1-23(17(25)11-20-16(24)10-19)7-3-6-14-9-15(22-21-14)12-4-2-5-13(18)8-12/h2,4-5,8,14-15,21-22H,3,6-7,9-11,19H2,1H3,(H,20,24). The molecule has 0 saturated carbocycles. The molecule has 1 aliphatic rings. The molecule has 138 valence electrons. The predicted octanol–water partition coefficient (Wildman–Crippen LogP) is 0.0468. The molecule has 1 aliphatic heterocycles. The summed E-state index contributed by atoms with van der Waals surface area (Å²) in [6, 6.07) is 6.97. The van der Waals surface area contributed by atoms with Gasteiger partial charge in [0.1, 0.15) is 5.82 Å². The fourth-order valence-electron chi connectivity index (χ4n) is 2.83. The molecular formula is C17H26FN5O2. The molecule has 0 aliphatic carbocycles. The van der Waals surface area contributed by atoms with Crippen LogP contribution in [0.25, 0.3) is 0 Å². The minimum atomic E-state index is -0.341. The number of rotatable bonds is 8. The average molecular weight is 351 g/mol. The summed E-state index contributed by atoms with van der Waals surface area (Å²) < 4.78 is 13.3.